The number of anilines is 1. The van der Waals surface area contributed by atoms with Gasteiger partial charge in [0.25, 0.3) is 15.9 Å². The Morgan fingerprint density at radius 1 is 1.07 bits per heavy atom. The van der Waals surface area contributed by atoms with Crippen LogP contribution < -0.4 is 19.1 Å². The highest BCUT2D eigenvalue weighted by Crippen LogP contribution is 2.56. The maximum Gasteiger partial charge on any atom is 0.271 e. The van der Waals surface area contributed by atoms with E-state index in [1.54, 1.807) is 43.6 Å². The number of amides is 1. The topological polar surface area (TPSA) is 114 Å². The lowest BCUT2D eigenvalue weighted by molar-refractivity contribution is -0.127. The largest absolute Gasteiger partial charge is 0.497 e. The Hall–Kier alpha value is -3.90. The van der Waals surface area contributed by atoms with E-state index in [4.69, 9.17) is 25.5 Å². The molecule has 2 atom stereocenters. The summed E-state index contributed by atoms with van der Waals surface area (Å²) in [6, 6.07) is 16.0. The lowest BCUT2D eigenvalue weighted by Gasteiger charge is -2.41. The fourth-order valence-electron chi connectivity index (χ4n) is 6.37. The Balaban J connectivity index is 1.63. The van der Waals surface area contributed by atoms with E-state index < -0.39 is 27.5 Å². The zero-order valence-corrected chi connectivity index (χ0v) is 26.2. The Morgan fingerprint density at radius 3 is 2.55 bits per heavy atom. The molecule has 0 radical (unpaired) electrons. The minimum atomic E-state index is -4.39. The average Bonchev–Trinajstić information content (AvgIpc) is 3.79. The van der Waals surface area contributed by atoms with Crippen LogP contribution in [0.25, 0.3) is 0 Å². The predicted octanol–water partition coefficient (Wildman–Crippen LogP) is 5.27. The fourth-order valence-corrected chi connectivity index (χ4v) is 8.00. The van der Waals surface area contributed by atoms with E-state index in [9.17, 15) is 8.42 Å². The van der Waals surface area contributed by atoms with Crippen LogP contribution in [0.15, 0.2) is 82.4 Å². The summed E-state index contributed by atoms with van der Waals surface area (Å²) in [4.78, 5) is 21.7. The van der Waals surface area contributed by atoms with Gasteiger partial charge in [0.05, 0.1) is 37.0 Å². The van der Waals surface area contributed by atoms with Gasteiger partial charge in [0.2, 0.25) is 5.89 Å². The van der Waals surface area contributed by atoms with Crippen LogP contribution in [0.4, 0.5) is 5.69 Å². The average molecular weight is 637 g/mol. The molecule has 2 aliphatic rings. The first-order chi connectivity index (χ1) is 21.3. The van der Waals surface area contributed by atoms with Gasteiger partial charge in [0.1, 0.15) is 17.8 Å². The molecule has 2 aliphatic heterocycles. The van der Waals surface area contributed by atoms with Crippen molar-refractivity contribution in [3.05, 3.63) is 101 Å². The second kappa shape index (κ2) is 11.9. The van der Waals surface area contributed by atoms with Gasteiger partial charge in [0, 0.05) is 29.2 Å². The summed E-state index contributed by atoms with van der Waals surface area (Å²) in [6.07, 6.45) is 4.44. The van der Waals surface area contributed by atoms with Gasteiger partial charge in [0.15, 0.2) is 5.54 Å². The van der Waals surface area contributed by atoms with Crippen LogP contribution in [-0.4, -0.2) is 51.5 Å². The van der Waals surface area contributed by atoms with E-state index in [-0.39, 0.29) is 10.6 Å². The summed E-state index contributed by atoms with van der Waals surface area (Å²) >= 11 is 6.61. The zero-order valence-electron chi connectivity index (χ0n) is 24.6. The first-order valence-corrected chi connectivity index (χ1v) is 16.2. The number of ether oxygens (including phenoxy) is 2. The molecule has 230 valence electrons. The summed E-state index contributed by atoms with van der Waals surface area (Å²) in [5.74, 6) is 0.715. The third kappa shape index (κ3) is 4.75. The van der Waals surface area contributed by atoms with Crippen LogP contribution >= 0.6 is 11.6 Å². The molecule has 6 rings (SSSR count). The number of methoxy groups -OCH3 is 2. The number of carbonyl (C=O) groups excluding carboxylic acids is 1. The monoisotopic (exact) mass is 636 g/mol. The van der Waals surface area contributed by atoms with Crippen molar-refractivity contribution in [2.75, 3.05) is 31.6 Å². The van der Waals surface area contributed by atoms with Gasteiger partial charge in [-0.3, -0.25) is 9.69 Å². The Kier molecular flexibility index (Phi) is 8.14. The number of rotatable bonds is 10. The third-order valence-electron chi connectivity index (χ3n) is 8.31. The molecule has 1 aromatic heterocycles. The summed E-state index contributed by atoms with van der Waals surface area (Å²) in [7, 11) is -1.35. The van der Waals surface area contributed by atoms with Crippen molar-refractivity contribution >= 4 is 33.2 Å². The molecule has 10 nitrogen and oxygen atoms in total. The molecular weight excluding hydrogens is 604 g/mol. The van der Waals surface area contributed by atoms with E-state index >= 15 is 4.79 Å². The molecule has 2 unspecified atom stereocenters. The molecule has 0 saturated carbocycles. The lowest BCUT2D eigenvalue weighted by Crippen LogP contribution is -2.54. The van der Waals surface area contributed by atoms with Crippen molar-refractivity contribution in [3.8, 4) is 11.5 Å². The normalized spacial score (nSPS) is 20.2. The summed E-state index contributed by atoms with van der Waals surface area (Å²) in [5.41, 5.74) is 0.458. The molecule has 1 amide bonds. The highest BCUT2D eigenvalue weighted by Gasteiger charge is 2.62. The van der Waals surface area contributed by atoms with E-state index in [1.165, 1.54) is 25.5 Å². The molecule has 12 heteroatoms. The lowest BCUT2D eigenvalue weighted by atomic mass is 9.80. The number of nitrogens with zero attached hydrogens (tertiary/aromatic N) is 3. The third-order valence-corrected chi connectivity index (χ3v) is 10.3. The predicted molar refractivity (Wildman–Crippen MR) is 165 cm³/mol. The van der Waals surface area contributed by atoms with Crippen molar-refractivity contribution in [2.45, 2.75) is 42.8 Å². The van der Waals surface area contributed by atoms with E-state index in [1.807, 2.05) is 30.0 Å². The van der Waals surface area contributed by atoms with Gasteiger partial charge in [-0.2, -0.15) is 0 Å². The van der Waals surface area contributed by atoms with Gasteiger partial charge in [-0.05, 0) is 73.5 Å². The molecule has 1 N–H and O–H groups in total. The van der Waals surface area contributed by atoms with Crippen LogP contribution in [0.3, 0.4) is 0 Å². The Bertz CT molecular complexity index is 1780. The molecule has 1 fully saturated rings. The number of aromatic nitrogens is 1. The first-order valence-electron chi connectivity index (χ1n) is 14.4. The molecule has 3 heterocycles. The van der Waals surface area contributed by atoms with Gasteiger partial charge < -0.3 is 19.2 Å². The first kappa shape index (κ1) is 30.1. The molecular formula is C32H33ClN4O6S. The number of likely N-dealkylation sites (tertiary alicyclic amines) is 1. The quantitative estimate of drug-likeness (QED) is 0.249. The van der Waals surface area contributed by atoms with Crippen molar-refractivity contribution in [1.82, 2.24) is 15.2 Å². The molecule has 1 saturated heterocycles. The molecule has 44 heavy (non-hydrogen) atoms. The van der Waals surface area contributed by atoms with E-state index in [0.717, 1.165) is 22.8 Å². The number of nitrogens with one attached hydrogen (secondary N) is 1. The van der Waals surface area contributed by atoms with Gasteiger partial charge in [-0.1, -0.05) is 30.7 Å². The number of fused-ring (bicyclic) bond motifs is 1. The Labute approximate surface area is 261 Å². The fraction of sp³-hybridized carbons (Fsp3) is 0.312. The molecule has 0 aliphatic carbocycles. The van der Waals surface area contributed by atoms with Crippen molar-refractivity contribution in [3.63, 3.8) is 0 Å². The van der Waals surface area contributed by atoms with Crippen molar-refractivity contribution in [1.29, 1.82) is 0 Å². The molecule has 0 spiro atoms. The van der Waals surface area contributed by atoms with Crippen LogP contribution in [0.1, 0.15) is 48.4 Å². The van der Waals surface area contributed by atoms with Crippen LogP contribution in [0.2, 0.25) is 5.02 Å². The highest BCUT2D eigenvalue weighted by molar-refractivity contribution is 7.93. The number of halogens is 1. The number of oxazole rings is 1. The number of benzene rings is 3. The Morgan fingerprint density at radius 2 is 1.86 bits per heavy atom. The summed E-state index contributed by atoms with van der Waals surface area (Å²) < 4.78 is 46.7. The van der Waals surface area contributed by atoms with Crippen LogP contribution in [0, 0.1) is 0 Å². The zero-order chi connectivity index (χ0) is 31.1. The minimum Gasteiger partial charge on any atom is -0.497 e. The van der Waals surface area contributed by atoms with Gasteiger partial charge >= 0.3 is 0 Å². The number of hydrogen-bond acceptors (Lipinski definition) is 9. The summed E-state index contributed by atoms with van der Waals surface area (Å²) in [5, 5.41) is 3.67. The smallest absolute Gasteiger partial charge is 0.271 e. The highest BCUT2D eigenvalue weighted by atomic mass is 35.5. The number of carbonyl (C=O) groups is 1. The molecule has 0 bridgehead atoms. The van der Waals surface area contributed by atoms with Gasteiger partial charge in [-0.15, -0.1) is 0 Å². The van der Waals surface area contributed by atoms with Crippen LogP contribution in [-0.2, 0) is 26.9 Å². The minimum absolute atomic E-state index is 0.0537. The summed E-state index contributed by atoms with van der Waals surface area (Å²) in [6.45, 7) is 3.86. The standard InChI is InChI=1S/C32H33ClN4O6S/c1-4-34-20-21-7-13-25(29(18-21)42-3)32(36-16-5-6-28(36)30-35-15-17-43-30)26-19-22(33)8-14-27(26)37(31(32)38)44(39,40)24-11-9-23(41-2)10-12-24/h7-15,17-19,28,34H,4-6,16,20H2,1-3H3. The molecule has 4 aromatic rings. The van der Waals surface area contributed by atoms with Crippen molar-refractivity contribution in [2.24, 2.45) is 0 Å². The second-order valence-electron chi connectivity index (χ2n) is 10.7. The van der Waals surface area contributed by atoms with Crippen molar-refractivity contribution < 1.29 is 27.1 Å². The van der Waals surface area contributed by atoms with Gasteiger partial charge in [-0.25, -0.2) is 17.7 Å². The SMILES string of the molecule is CCNCc1ccc(C2(N3CCCC3c3ncco3)C(=O)N(S(=O)(=O)c3ccc(OC)cc3)c3ccc(Cl)cc32)c(OC)c1. The maximum absolute atomic E-state index is 15.3. The number of hydrogen-bond donors (Lipinski definition) is 1. The number of sulfonamides is 1. The second-order valence-corrected chi connectivity index (χ2v) is 12.9. The van der Waals surface area contributed by atoms with E-state index in [0.29, 0.717) is 53.0 Å². The van der Waals surface area contributed by atoms with Crippen LogP contribution in [0.5, 0.6) is 11.5 Å². The molecule has 3 aromatic carbocycles. The maximum atomic E-state index is 15.3. The van der Waals surface area contributed by atoms with E-state index in [2.05, 4.69) is 10.3 Å².